The number of nitrogens with two attached hydrogens (primary N) is 1. The van der Waals surface area contributed by atoms with E-state index in [2.05, 4.69) is 10.5 Å². The van der Waals surface area contributed by atoms with E-state index in [0.29, 0.717) is 37.7 Å². The van der Waals surface area contributed by atoms with Crippen LogP contribution in [0.4, 0.5) is 0 Å². The summed E-state index contributed by atoms with van der Waals surface area (Å²) in [6.07, 6.45) is 0. The molecule has 0 aliphatic rings. The van der Waals surface area contributed by atoms with Crippen LogP contribution in [0.2, 0.25) is 0 Å². The average molecular weight is 297 g/mol. The number of ether oxygens (including phenoxy) is 3. The molecule has 1 rings (SSSR count). The van der Waals surface area contributed by atoms with Gasteiger partial charge >= 0.3 is 0 Å². The van der Waals surface area contributed by atoms with Crippen molar-refractivity contribution in [3.05, 3.63) is 29.3 Å². The minimum Gasteiger partial charge on any atom is -0.496 e. The van der Waals surface area contributed by atoms with Crippen molar-refractivity contribution in [3.63, 3.8) is 0 Å². The Balaban J connectivity index is 2.45. The van der Waals surface area contributed by atoms with E-state index < -0.39 is 0 Å². The maximum absolute atomic E-state index is 8.78. The van der Waals surface area contributed by atoms with Crippen LogP contribution in [0.3, 0.4) is 0 Å². The van der Waals surface area contributed by atoms with Gasteiger partial charge in [0.1, 0.15) is 5.75 Å². The second kappa shape index (κ2) is 9.98. The van der Waals surface area contributed by atoms with E-state index in [4.69, 9.17) is 25.2 Å². The Morgan fingerprint density at radius 2 is 2.10 bits per heavy atom. The Morgan fingerprint density at radius 3 is 2.76 bits per heavy atom. The zero-order valence-electron chi connectivity index (χ0n) is 12.5. The van der Waals surface area contributed by atoms with Gasteiger partial charge in [-0.25, -0.2) is 0 Å². The molecule has 0 spiro atoms. The van der Waals surface area contributed by atoms with Crippen LogP contribution in [0.25, 0.3) is 0 Å². The van der Waals surface area contributed by atoms with Gasteiger partial charge in [-0.2, -0.15) is 0 Å². The highest BCUT2D eigenvalue weighted by Gasteiger charge is 2.08. The zero-order chi connectivity index (χ0) is 15.5. The quantitative estimate of drug-likeness (QED) is 0.192. The van der Waals surface area contributed by atoms with Gasteiger partial charge in [0.25, 0.3) is 0 Å². The molecule has 0 unspecified atom stereocenters. The van der Waals surface area contributed by atoms with Gasteiger partial charge in [0.15, 0.2) is 5.84 Å². The van der Waals surface area contributed by atoms with Gasteiger partial charge < -0.3 is 30.5 Å². The largest absolute Gasteiger partial charge is 0.496 e. The highest BCUT2D eigenvalue weighted by atomic mass is 16.5. The summed E-state index contributed by atoms with van der Waals surface area (Å²) >= 11 is 0. The van der Waals surface area contributed by atoms with E-state index in [9.17, 15) is 0 Å². The normalized spacial score (nSPS) is 11.6. The molecule has 0 bridgehead atoms. The summed E-state index contributed by atoms with van der Waals surface area (Å²) in [5, 5.41) is 15.0. The van der Waals surface area contributed by atoms with Gasteiger partial charge in [0.2, 0.25) is 0 Å². The highest BCUT2D eigenvalue weighted by molar-refractivity contribution is 5.99. The number of benzene rings is 1. The van der Waals surface area contributed by atoms with Crippen molar-refractivity contribution in [1.82, 2.24) is 5.32 Å². The first-order chi connectivity index (χ1) is 10.2. The Labute approximate surface area is 124 Å². The molecule has 4 N–H and O–H groups in total. The predicted octanol–water partition coefficient (Wildman–Crippen LogP) is 0.542. The number of hydrogen-bond acceptors (Lipinski definition) is 6. The maximum atomic E-state index is 8.78. The maximum Gasteiger partial charge on any atom is 0.173 e. The van der Waals surface area contributed by atoms with Crippen molar-refractivity contribution in [1.29, 1.82) is 0 Å². The Kier molecular flexibility index (Phi) is 8.18. The number of nitrogens with zero attached hydrogens (tertiary/aromatic N) is 1. The number of nitrogens with one attached hydrogen (secondary N) is 1. The standard InChI is InChI=1S/C14H23N3O4/c1-19-7-8-21-6-5-16-10-11-3-4-13(20-2)12(9-11)14(15)17-18/h3-4,9,16,18H,5-8,10H2,1-2H3,(H2,15,17). The molecule has 0 aliphatic heterocycles. The number of amidine groups is 1. The topological polar surface area (TPSA) is 98.3 Å². The minimum absolute atomic E-state index is 0.0246. The van der Waals surface area contributed by atoms with Crippen molar-refractivity contribution >= 4 is 5.84 Å². The highest BCUT2D eigenvalue weighted by Crippen LogP contribution is 2.19. The van der Waals surface area contributed by atoms with Crippen molar-refractivity contribution < 1.29 is 19.4 Å². The second-order valence-corrected chi connectivity index (χ2v) is 4.30. The molecule has 7 heteroatoms. The molecular weight excluding hydrogens is 274 g/mol. The van der Waals surface area contributed by atoms with Gasteiger partial charge in [-0.3, -0.25) is 0 Å². The molecule has 1 aromatic carbocycles. The Bertz CT molecular complexity index is 452. The first-order valence-electron chi connectivity index (χ1n) is 6.65. The third-order valence-corrected chi connectivity index (χ3v) is 2.83. The van der Waals surface area contributed by atoms with E-state index in [0.717, 1.165) is 12.1 Å². The van der Waals surface area contributed by atoms with Gasteiger partial charge in [-0.1, -0.05) is 11.2 Å². The van der Waals surface area contributed by atoms with E-state index in [1.54, 1.807) is 20.3 Å². The first-order valence-corrected chi connectivity index (χ1v) is 6.65. The fourth-order valence-electron chi connectivity index (χ4n) is 1.74. The van der Waals surface area contributed by atoms with Crippen LogP contribution in [0.5, 0.6) is 5.75 Å². The zero-order valence-corrected chi connectivity index (χ0v) is 12.5. The summed E-state index contributed by atoms with van der Waals surface area (Å²) in [4.78, 5) is 0. The molecule has 0 aliphatic carbocycles. The third kappa shape index (κ3) is 5.99. The van der Waals surface area contributed by atoms with E-state index in [1.165, 1.54) is 0 Å². The monoisotopic (exact) mass is 297 g/mol. The van der Waals surface area contributed by atoms with Crippen molar-refractivity contribution in [2.75, 3.05) is 40.6 Å². The summed E-state index contributed by atoms with van der Waals surface area (Å²) in [6, 6.07) is 5.54. The summed E-state index contributed by atoms with van der Waals surface area (Å²) in [6.45, 7) is 3.20. The molecule has 21 heavy (non-hydrogen) atoms. The van der Waals surface area contributed by atoms with Crippen LogP contribution in [0, 0.1) is 0 Å². The van der Waals surface area contributed by atoms with Gasteiger partial charge in [-0.05, 0) is 17.7 Å². The van der Waals surface area contributed by atoms with Gasteiger partial charge in [0.05, 0.1) is 32.5 Å². The summed E-state index contributed by atoms with van der Waals surface area (Å²) in [7, 11) is 3.18. The molecule has 0 heterocycles. The number of methoxy groups -OCH3 is 2. The molecule has 0 saturated heterocycles. The fourth-order valence-corrected chi connectivity index (χ4v) is 1.74. The first kappa shape index (κ1) is 17.2. The van der Waals surface area contributed by atoms with E-state index in [-0.39, 0.29) is 5.84 Å². The smallest absolute Gasteiger partial charge is 0.173 e. The molecular formula is C14H23N3O4. The lowest BCUT2D eigenvalue weighted by Gasteiger charge is -2.10. The molecule has 0 amide bonds. The second-order valence-electron chi connectivity index (χ2n) is 4.30. The van der Waals surface area contributed by atoms with Crippen LogP contribution < -0.4 is 15.8 Å². The molecule has 0 fully saturated rings. The van der Waals surface area contributed by atoms with Crippen molar-refractivity contribution in [2.24, 2.45) is 10.9 Å². The number of oxime groups is 1. The lowest BCUT2D eigenvalue weighted by Crippen LogP contribution is -2.21. The average Bonchev–Trinajstić information content (AvgIpc) is 2.53. The molecule has 0 radical (unpaired) electrons. The van der Waals surface area contributed by atoms with Crippen LogP contribution >= 0.6 is 0 Å². The Hall–Kier alpha value is -1.83. The van der Waals surface area contributed by atoms with Gasteiger partial charge in [-0.15, -0.1) is 0 Å². The summed E-state index contributed by atoms with van der Waals surface area (Å²) in [5.41, 5.74) is 7.20. The van der Waals surface area contributed by atoms with Crippen LogP contribution in [-0.4, -0.2) is 51.6 Å². The number of hydrogen-bond donors (Lipinski definition) is 3. The SMILES string of the molecule is COCCOCCNCc1ccc(OC)c(C(N)=NO)c1. The summed E-state index contributed by atoms with van der Waals surface area (Å²) < 4.78 is 15.4. The Morgan fingerprint density at radius 1 is 1.29 bits per heavy atom. The molecule has 1 aromatic rings. The molecule has 0 aromatic heterocycles. The van der Waals surface area contributed by atoms with Crippen LogP contribution in [0.1, 0.15) is 11.1 Å². The van der Waals surface area contributed by atoms with E-state index >= 15 is 0 Å². The van der Waals surface area contributed by atoms with Crippen LogP contribution in [0.15, 0.2) is 23.4 Å². The lowest BCUT2D eigenvalue weighted by atomic mass is 10.1. The fraction of sp³-hybridized carbons (Fsp3) is 0.500. The molecule has 118 valence electrons. The minimum atomic E-state index is 0.0246. The molecule has 0 saturated carbocycles. The van der Waals surface area contributed by atoms with E-state index in [1.807, 2.05) is 12.1 Å². The predicted molar refractivity (Wildman–Crippen MR) is 79.9 cm³/mol. The molecule has 0 atom stereocenters. The van der Waals surface area contributed by atoms with Crippen molar-refractivity contribution in [2.45, 2.75) is 6.54 Å². The van der Waals surface area contributed by atoms with Gasteiger partial charge in [0, 0.05) is 20.2 Å². The third-order valence-electron chi connectivity index (χ3n) is 2.83. The molecule has 7 nitrogen and oxygen atoms in total. The lowest BCUT2D eigenvalue weighted by molar-refractivity contribution is 0.0719. The number of rotatable bonds is 10. The van der Waals surface area contributed by atoms with Crippen LogP contribution in [-0.2, 0) is 16.0 Å². The summed E-state index contributed by atoms with van der Waals surface area (Å²) in [5.74, 6) is 0.591. The van der Waals surface area contributed by atoms with Crippen molar-refractivity contribution in [3.8, 4) is 5.75 Å².